The summed E-state index contributed by atoms with van der Waals surface area (Å²) in [5.74, 6) is 0.980. The number of aryl methyl sites for hydroxylation is 2. The normalized spacial score (nSPS) is 10.9. The SMILES string of the molecule is Cc1ccccc1Cn1c(CCCNC(=O)c2ccncc2)nc2ccccc21. The maximum absolute atomic E-state index is 12.2. The molecule has 0 aliphatic rings. The second-order valence-corrected chi connectivity index (χ2v) is 7.12. The van der Waals surface area contributed by atoms with E-state index >= 15 is 0 Å². The number of nitrogens with one attached hydrogen (secondary N) is 1. The van der Waals surface area contributed by atoms with E-state index in [0.717, 1.165) is 36.2 Å². The van der Waals surface area contributed by atoms with Gasteiger partial charge in [0.2, 0.25) is 0 Å². The van der Waals surface area contributed by atoms with E-state index in [4.69, 9.17) is 4.98 Å². The zero-order valence-electron chi connectivity index (χ0n) is 16.5. The van der Waals surface area contributed by atoms with Crippen molar-refractivity contribution in [2.75, 3.05) is 6.54 Å². The van der Waals surface area contributed by atoms with Crippen LogP contribution in [-0.2, 0) is 13.0 Å². The number of amides is 1. The number of nitrogens with zero attached hydrogens (tertiary/aromatic N) is 3. The number of para-hydroxylation sites is 2. The number of carbonyl (C=O) groups excluding carboxylic acids is 1. The molecule has 5 nitrogen and oxygen atoms in total. The van der Waals surface area contributed by atoms with E-state index in [0.29, 0.717) is 12.1 Å². The molecular formula is C24H24N4O. The van der Waals surface area contributed by atoms with Gasteiger partial charge in [-0.25, -0.2) is 4.98 Å². The highest BCUT2D eigenvalue weighted by Gasteiger charge is 2.12. The van der Waals surface area contributed by atoms with E-state index in [-0.39, 0.29) is 5.91 Å². The maximum atomic E-state index is 12.2. The van der Waals surface area contributed by atoms with Gasteiger partial charge in [0.05, 0.1) is 11.0 Å². The van der Waals surface area contributed by atoms with Crippen LogP contribution in [-0.4, -0.2) is 27.0 Å². The minimum Gasteiger partial charge on any atom is -0.352 e. The molecule has 4 rings (SSSR count). The van der Waals surface area contributed by atoms with Gasteiger partial charge in [-0.3, -0.25) is 9.78 Å². The number of pyridine rings is 1. The van der Waals surface area contributed by atoms with Gasteiger partial charge in [0.1, 0.15) is 5.82 Å². The third-order valence-electron chi connectivity index (χ3n) is 5.13. The fraction of sp³-hybridized carbons (Fsp3) is 0.208. The summed E-state index contributed by atoms with van der Waals surface area (Å²) in [4.78, 5) is 21.0. The Hall–Kier alpha value is -3.47. The van der Waals surface area contributed by atoms with Crippen LogP contribution in [0, 0.1) is 6.92 Å². The molecule has 0 aliphatic heterocycles. The zero-order chi connectivity index (χ0) is 20.1. The molecule has 0 bridgehead atoms. The average molecular weight is 384 g/mol. The molecule has 29 heavy (non-hydrogen) atoms. The lowest BCUT2D eigenvalue weighted by Gasteiger charge is -2.12. The van der Waals surface area contributed by atoms with Gasteiger partial charge in [0.15, 0.2) is 0 Å². The first kappa shape index (κ1) is 18.9. The molecule has 2 aromatic heterocycles. The predicted octanol–water partition coefficient (Wildman–Crippen LogP) is 4.15. The quantitative estimate of drug-likeness (QED) is 0.487. The molecule has 0 spiro atoms. The average Bonchev–Trinajstić information content (AvgIpc) is 3.10. The first-order valence-corrected chi connectivity index (χ1v) is 9.89. The Bertz CT molecular complexity index is 1120. The van der Waals surface area contributed by atoms with Crippen LogP contribution in [0.1, 0.15) is 33.7 Å². The Labute approximate surface area is 170 Å². The molecule has 0 radical (unpaired) electrons. The Kier molecular flexibility index (Phi) is 5.66. The third-order valence-corrected chi connectivity index (χ3v) is 5.13. The summed E-state index contributed by atoms with van der Waals surface area (Å²) in [7, 11) is 0. The first-order chi connectivity index (χ1) is 14.2. The molecular weight excluding hydrogens is 360 g/mol. The molecule has 1 N–H and O–H groups in total. The van der Waals surface area contributed by atoms with E-state index < -0.39 is 0 Å². The number of fused-ring (bicyclic) bond motifs is 1. The van der Waals surface area contributed by atoms with E-state index in [1.807, 2.05) is 6.07 Å². The van der Waals surface area contributed by atoms with Crippen LogP contribution in [0.3, 0.4) is 0 Å². The molecule has 0 aliphatic carbocycles. The number of imidazole rings is 1. The summed E-state index contributed by atoms with van der Waals surface area (Å²) in [6.07, 6.45) is 4.89. The minimum absolute atomic E-state index is 0.0687. The Balaban J connectivity index is 1.47. The Morgan fingerprint density at radius 1 is 1.00 bits per heavy atom. The summed E-state index contributed by atoms with van der Waals surface area (Å²) in [6.45, 7) is 3.55. The van der Waals surface area contributed by atoms with Gasteiger partial charge in [0.25, 0.3) is 5.91 Å². The van der Waals surface area contributed by atoms with E-state index in [1.165, 1.54) is 11.1 Å². The lowest BCUT2D eigenvalue weighted by atomic mass is 10.1. The van der Waals surface area contributed by atoms with Crippen molar-refractivity contribution in [3.05, 3.63) is 95.6 Å². The minimum atomic E-state index is -0.0687. The molecule has 4 aromatic rings. The number of hydrogen-bond acceptors (Lipinski definition) is 3. The second-order valence-electron chi connectivity index (χ2n) is 7.12. The van der Waals surface area contributed by atoms with Crippen LogP contribution in [0.25, 0.3) is 11.0 Å². The molecule has 5 heteroatoms. The summed E-state index contributed by atoms with van der Waals surface area (Å²) in [5.41, 5.74) is 5.36. The van der Waals surface area contributed by atoms with Crippen molar-refractivity contribution in [3.8, 4) is 0 Å². The van der Waals surface area contributed by atoms with Crippen molar-refractivity contribution in [3.63, 3.8) is 0 Å². The maximum Gasteiger partial charge on any atom is 0.251 e. The standard InChI is InChI=1S/C24H24N4O/c1-18-7-2-3-8-20(18)17-28-22-10-5-4-9-21(22)27-23(28)11-6-14-26-24(29)19-12-15-25-16-13-19/h2-5,7-10,12-13,15-16H,6,11,14,17H2,1H3,(H,26,29). The molecule has 0 atom stereocenters. The molecule has 146 valence electrons. The highest BCUT2D eigenvalue weighted by atomic mass is 16.1. The third kappa shape index (κ3) is 4.35. The number of carbonyl (C=O) groups is 1. The van der Waals surface area contributed by atoms with Crippen LogP contribution in [0.5, 0.6) is 0 Å². The van der Waals surface area contributed by atoms with Gasteiger partial charge < -0.3 is 9.88 Å². The molecule has 0 saturated heterocycles. The van der Waals surface area contributed by atoms with Crippen LogP contribution in [0.15, 0.2) is 73.1 Å². The lowest BCUT2D eigenvalue weighted by molar-refractivity contribution is 0.0953. The van der Waals surface area contributed by atoms with Crippen LogP contribution < -0.4 is 5.32 Å². The van der Waals surface area contributed by atoms with Gasteiger partial charge in [0, 0.05) is 37.5 Å². The van der Waals surface area contributed by atoms with Crippen molar-refractivity contribution in [1.29, 1.82) is 0 Å². The second kappa shape index (κ2) is 8.69. The van der Waals surface area contributed by atoms with Gasteiger partial charge in [-0.05, 0) is 48.7 Å². The number of benzene rings is 2. The Morgan fingerprint density at radius 2 is 1.76 bits per heavy atom. The van der Waals surface area contributed by atoms with Crippen molar-refractivity contribution >= 4 is 16.9 Å². The topological polar surface area (TPSA) is 59.8 Å². The van der Waals surface area contributed by atoms with E-state index in [9.17, 15) is 4.79 Å². The molecule has 2 heterocycles. The molecule has 2 aromatic carbocycles. The fourth-order valence-corrected chi connectivity index (χ4v) is 3.50. The van der Waals surface area contributed by atoms with Crippen molar-refractivity contribution in [2.45, 2.75) is 26.3 Å². The monoisotopic (exact) mass is 384 g/mol. The molecule has 0 saturated carbocycles. The largest absolute Gasteiger partial charge is 0.352 e. The van der Waals surface area contributed by atoms with Gasteiger partial charge in [-0.15, -0.1) is 0 Å². The molecule has 0 fully saturated rings. The summed E-state index contributed by atoms with van der Waals surface area (Å²) in [6, 6.07) is 20.1. The van der Waals surface area contributed by atoms with Gasteiger partial charge >= 0.3 is 0 Å². The van der Waals surface area contributed by atoms with Crippen molar-refractivity contribution < 1.29 is 4.79 Å². The van der Waals surface area contributed by atoms with Gasteiger partial charge in [-0.2, -0.15) is 0 Å². The summed E-state index contributed by atoms with van der Waals surface area (Å²) in [5, 5.41) is 2.98. The summed E-state index contributed by atoms with van der Waals surface area (Å²) >= 11 is 0. The number of hydrogen-bond donors (Lipinski definition) is 1. The van der Waals surface area contributed by atoms with E-state index in [2.05, 4.69) is 64.3 Å². The lowest BCUT2D eigenvalue weighted by Crippen LogP contribution is -2.25. The summed E-state index contributed by atoms with van der Waals surface area (Å²) < 4.78 is 2.29. The van der Waals surface area contributed by atoms with E-state index in [1.54, 1.807) is 24.5 Å². The molecule has 0 unspecified atom stereocenters. The smallest absolute Gasteiger partial charge is 0.251 e. The number of aromatic nitrogens is 3. The zero-order valence-corrected chi connectivity index (χ0v) is 16.5. The van der Waals surface area contributed by atoms with Crippen molar-refractivity contribution in [1.82, 2.24) is 19.9 Å². The van der Waals surface area contributed by atoms with Crippen molar-refractivity contribution in [2.24, 2.45) is 0 Å². The highest BCUT2D eigenvalue weighted by Crippen LogP contribution is 2.20. The fourth-order valence-electron chi connectivity index (χ4n) is 3.50. The molecule has 1 amide bonds. The van der Waals surface area contributed by atoms with Crippen LogP contribution in [0.2, 0.25) is 0 Å². The van der Waals surface area contributed by atoms with Crippen LogP contribution in [0.4, 0.5) is 0 Å². The predicted molar refractivity (Wildman–Crippen MR) is 115 cm³/mol. The first-order valence-electron chi connectivity index (χ1n) is 9.89. The highest BCUT2D eigenvalue weighted by molar-refractivity contribution is 5.93. The van der Waals surface area contributed by atoms with Gasteiger partial charge in [-0.1, -0.05) is 36.4 Å². The van der Waals surface area contributed by atoms with Crippen LogP contribution >= 0.6 is 0 Å². The Morgan fingerprint density at radius 3 is 2.59 bits per heavy atom. The number of rotatable bonds is 7.